The Hall–Kier alpha value is -0.450. The maximum atomic E-state index is 4.05. The van der Waals surface area contributed by atoms with Crippen LogP contribution in [0.1, 0.15) is 5.82 Å². The van der Waals surface area contributed by atoms with Crippen molar-refractivity contribution in [3.8, 4) is 0 Å². The number of rotatable bonds is 1. The Labute approximate surface area is 67.2 Å². The fourth-order valence-electron chi connectivity index (χ4n) is 0.449. The molecule has 0 N–H and O–H groups in total. The molecule has 9 heavy (non-hydrogen) atoms. The molecule has 3 heteroatoms. The van der Waals surface area contributed by atoms with Crippen molar-refractivity contribution in [2.45, 2.75) is 0 Å². The molecule has 0 saturated carbocycles. The van der Waals surface area contributed by atoms with E-state index < -0.39 is 0 Å². The first-order valence-corrected chi connectivity index (χ1v) is 3.52. The van der Waals surface area contributed by atoms with E-state index in [4.69, 9.17) is 0 Å². The van der Waals surface area contributed by atoms with Gasteiger partial charge in [0, 0.05) is 6.20 Å². The van der Waals surface area contributed by atoms with Gasteiger partial charge in [0.1, 0.15) is 3.70 Å². The molecule has 0 aliphatic rings. The number of nitrogens with zero attached hydrogens (tertiary/aromatic N) is 2. The van der Waals surface area contributed by atoms with Gasteiger partial charge >= 0.3 is 0 Å². The average Bonchev–Trinajstić information content (AvgIpc) is 1.88. The highest BCUT2D eigenvalue weighted by Gasteiger charge is 1.87. The summed E-state index contributed by atoms with van der Waals surface area (Å²) in [5.41, 5.74) is 0. The highest BCUT2D eigenvalue weighted by Crippen LogP contribution is 1.98. The molecule has 1 aromatic rings. The fourth-order valence-corrected chi connectivity index (χ4v) is 0.857. The maximum absolute atomic E-state index is 4.05. The Bertz CT molecular complexity index is 222. The first-order chi connectivity index (χ1) is 4.33. The second kappa shape index (κ2) is 2.91. The molecule has 1 rings (SSSR count). The Balaban J connectivity index is 3.07. The predicted octanol–water partition coefficient (Wildman–Crippen LogP) is 1.72. The molecule has 0 aliphatic heterocycles. The summed E-state index contributed by atoms with van der Waals surface area (Å²) < 4.78 is 0.942. The number of halogens is 1. The molecule has 0 fully saturated rings. The lowest BCUT2D eigenvalue weighted by molar-refractivity contribution is 1.11. The van der Waals surface area contributed by atoms with Gasteiger partial charge in [-0.3, -0.25) is 0 Å². The van der Waals surface area contributed by atoms with Gasteiger partial charge in [-0.05, 0) is 34.7 Å². The fraction of sp³-hybridized carbons (Fsp3) is 0. The standard InChI is InChI=1S/C6H5IN2/c1-2-6-8-4-3-5(7)9-6/h2-4H,1H2. The van der Waals surface area contributed by atoms with Crippen LogP contribution in [-0.2, 0) is 0 Å². The molecule has 2 nitrogen and oxygen atoms in total. The van der Waals surface area contributed by atoms with E-state index in [1.807, 2.05) is 6.07 Å². The average molecular weight is 232 g/mol. The topological polar surface area (TPSA) is 25.8 Å². The van der Waals surface area contributed by atoms with Crippen LogP contribution in [0.15, 0.2) is 18.8 Å². The maximum Gasteiger partial charge on any atom is 0.152 e. The number of hydrogen-bond acceptors (Lipinski definition) is 2. The molecule has 0 spiro atoms. The normalized spacial score (nSPS) is 9.00. The molecule has 0 amide bonds. The molecule has 0 aliphatic carbocycles. The zero-order valence-electron chi connectivity index (χ0n) is 4.71. The third-order valence-corrected chi connectivity index (χ3v) is 1.42. The Kier molecular flexibility index (Phi) is 2.16. The summed E-state index contributed by atoms with van der Waals surface area (Å²) in [6.45, 7) is 3.54. The van der Waals surface area contributed by atoms with E-state index in [1.54, 1.807) is 12.3 Å². The zero-order chi connectivity index (χ0) is 6.69. The van der Waals surface area contributed by atoms with E-state index in [9.17, 15) is 0 Å². The van der Waals surface area contributed by atoms with E-state index in [2.05, 4.69) is 39.1 Å². The second-order valence-corrected chi connectivity index (χ2v) is 2.55. The van der Waals surface area contributed by atoms with Crippen LogP contribution in [-0.4, -0.2) is 9.97 Å². The SMILES string of the molecule is C=Cc1nccc(I)n1. The summed E-state index contributed by atoms with van der Waals surface area (Å²) in [6, 6.07) is 1.84. The van der Waals surface area contributed by atoms with Gasteiger partial charge in [0.2, 0.25) is 0 Å². The van der Waals surface area contributed by atoms with Crippen molar-refractivity contribution in [1.29, 1.82) is 0 Å². The largest absolute Gasteiger partial charge is 0.237 e. The van der Waals surface area contributed by atoms with Crippen LogP contribution in [0.25, 0.3) is 6.08 Å². The van der Waals surface area contributed by atoms with Crippen molar-refractivity contribution in [3.05, 3.63) is 28.4 Å². The van der Waals surface area contributed by atoms with Crippen LogP contribution in [0, 0.1) is 3.70 Å². The minimum absolute atomic E-state index is 0.682. The molecule has 0 bridgehead atoms. The summed E-state index contributed by atoms with van der Waals surface area (Å²) in [5, 5.41) is 0. The summed E-state index contributed by atoms with van der Waals surface area (Å²) in [7, 11) is 0. The third kappa shape index (κ3) is 1.74. The van der Waals surface area contributed by atoms with Gasteiger partial charge in [-0.2, -0.15) is 0 Å². The number of hydrogen-bond donors (Lipinski definition) is 0. The highest BCUT2D eigenvalue weighted by molar-refractivity contribution is 14.1. The molecular formula is C6H5IN2. The first kappa shape index (κ1) is 6.67. The lowest BCUT2D eigenvalue weighted by Gasteiger charge is -1.89. The van der Waals surface area contributed by atoms with Gasteiger partial charge in [0.05, 0.1) is 0 Å². The van der Waals surface area contributed by atoms with E-state index in [1.165, 1.54) is 0 Å². The van der Waals surface area contributed by atoms with Crippen LogP contribution in [0.2, 0.25) is 0 Å². The van der Waals surface area contributed by atoms with Crippen molar-refractivity contribution in [3.63, 3.8) is 0 Å². The van der Waals surface area contributed by atoms with Gasteiger partial charge in [0.25, 0.3) is 0 Å². The summed E-state index contributed by atoms with van der Waals surface area (Å²) in [6.07, 6.45) is 3.34. The highest BCUT2D eigenvalue weighted by atomic mass is 127. The third-order valence-electron chi connectivity index (χ3n) is 0.823. The van der Waals surface area contributed by atoms with E-state index >= 15 is 0 Å². The molecule has 1 heterocycles. The number of aromatic nitrogens is 2. The van der Waals surface area contributed by atoms with Gasteiger partial charge in [-0.25, -0.2) is 9.97 Å². The van der Waals surface area contributed by atoms with Crippen LogP contribution in [0.5, 0.6) is 0 Å². The molecule has 46 valence electrons. The molecule has 0 aromatic carbocycles. The Morgan fingerprint density at radius 3 is 2.89 bits per heavy atom. The van der Waals surface area contributed by atoms with Crippen LogP contribution in [0.4, 0.5) is 0 Å². The molecular weight excluding hydrogens is 227 g/mol. The van der Waals surface area contributed by atoms with Crippen molar-refractivity contribution in [2.24, 2.45) is 0 Å². The van der Waals surface area contributed by atoms with E-state index in [0.717, 1.165) is 3.70 Å². The van der Waals surface area contributed by atoms with Gasteiger partial charge in [-0.1, -0.05) is 6.58 Å². The minimum Gasteiger partial charge on any atom is -0.237 e. The first-order valence-electron chi connectivity index (χ1n) is 2.44. The van der Waals surface area contributed by atoms with Gasteiger partial charge in [0.15, 0.2) is 5.82 Å². The molecule has 0 atom stereocenters. The van der Waals surface area contributed by atoms with E-state index in [0.29, 0.717) is 5.82 Å². The minimum atomic E-state index is 0.682. The predicted molar refractivity (Wildman–Crippen MR) is 44.8 cm³/mol. The quantitative estimate of drug-likeness (QED) is 0.544. The lowest BCUT2D eigenvalue weighted by Crippen LogP contribution is -1.86. The van der Waals surface area contributed by atoms with Crippen molar-refractivity contribution in [2.75, 3.05) is 0 Å². The monoisotopic (exact) mass is 232 g/mol. The molecule has 0 saturated heterocycles. The van der Waals surface area contributed by atoms with Crippen molar-refractivity contribution >= 4 is 28.7 Å². The lowest BCUT2D eigenvalue weighted by atomic mass is 10.5. The summed E-state index contributed by atoms with van der Waals surface area (Å²) in [4.78, 5) is 7.97. The summed E-state index contributed by atoms with van der Waals surface area (Å²) >= 11 is 2.13. The second-order valence-electron chi connectivity index (χ2n) is 1.44. The summed E-state index contributed by atoms with van der Waals surface area (Å²) in [5.74, 6) is 0.682. The smallest absolute Gasteiger partial charge is 0.152 e. The zero-order valence-corrected chi connectivity index (χ0v) is 6.87. The molecule has 1 aromatic heterocycles. The van der Waals surface area contributed by atoms with Gasteiger partial charge in [-0.15, -0.1) is 0 Å². The Morgan fingerprint density at radius 1 is 1.67 bits per heavy atom. The molecule has 0 unspecified atom stereocenters. The van der Waals surface area contributed by atoms with Crippen LogP contribution in [0.3, 0.4) is 0 Å². The van der Waals surface area contributed by atoms with Gasteiger partial charge < -0.3 is 0 Å². The van der Waals surface area contributed by atoms with Crippen molar-refractivity contribution in [1.82, 2.24) is 9.97 Å². The Morgan fingerprint density at radius 2 is 2.44 bits per heavy atom. The van der Waals surface area contributed by atoms with E-state index in [-0.39, 0.29) is 0 Å². The van der Waals surface area contributed by atoms with Crippen LogP contribution >= 0.6 is 22.6 Å². The molecule has 0 radical (unpaired) electrons. The van der Waals surface area contributed by atoms with Crippen LogP contribution < -0.4 is 0 Å². The van der Waals surface area contributed by atoms with Crippen molar-refractivity contribution < 1.29 is 0 Å².